The Labute approximate surface area is 115 Å². The van der Waals surface area contributed by atoms with Gasteiger partial charge in [0.2, 0.25) is 15.9 Å². The van der Waals surface area contributed by atoms with E-state index in [0.717, 1.165) is 4.31 Å². The molecule has 1 aliphatic rings. The number of nitrogens with zero attached hydrogens (tertiary/aromatic N) is 1. The van der Waals surface area contributed by atoms with Crippen LogP contribution in [0.2, 0.25) is 5.02 Å². The first-order valence-electron chi connectivity index (χ1n) is 5.53. The van der Waals surface area contributed by atoms with Gasteiger partial charge in [-0.3, -0.25) is 4.79 Å². The number of benzene rings is 1. The van der Waals surface area contributed by atoms with Gasteiger partial charge >= 0.3 is 0 Å². The highest BCUT2D eigenvalue weighted by molar-refractivity contribution is 7.89. The maximum atomic E-state index is 13.4. The third kappa shape index (κ3) is 2.72. The predicted molar refractivity (Wildman–Crippen MR) is 67.8 cm³/mol. The minimum Gasteiger partial charge on any atom is -0.368 e. The van der Waals surface area contributed by atoms with Crippen molar-refractivity contribution in [2.45, 2.75) is 23.5 Å². The van der Waals surface area contributed by atoms with Crippen LogP contribution in [0.5, 0.6) is 0 Å². The van der Waals surface area contributed by atoms with Crippen LogP contribution >= 0.6 is 11.6 Å². The van der Waals surface area contributed by atoms with E-state index in [0.29, 0.717) is 0 Å². The molecule has 0 spiro atoms. The lowest BCUT2D eigenvalue weighted by Gasteiger charge is -2.21. The molecule has 5 nitrogen and oxygen atoms in total. The van der Waals surface area contributed by atoms with E-state index in [9.17, 15) is 17.6 Å². The zero-order chi connectivity index (χ0) is 14.2. The molecule has 1 heterocycles. The molecule has 1 amide bonds. The van der Waals surface area contributed by atoms with Crippen molar-refractivity contribution in [1.82, 2.24) is 4.31 Å². The van der Waals surface area contributed by atoms with Crippen LogP contribution in [0.25, 0.3) is 0 Å². The molecule has 8 heteroatoms. The molecule has 1 fully saturated rings. The molecule has 1 aliphatic heterocycles. The molecule has 2 atom stereocenters. The minimum absolute atomic E-state index is 0.0830. The number of primary amides is 1. The van der Waals surface area contributed by atoms with Gasteiger partial charge in [0.1, 0.15) is 12.2 Å². The molecule has 0 radical (unpaired) electrons. The summed E-state index contributed by atoms with van der Waals surface area (Å²) in [5.41, 5.74) is 5.12. The molecular formula is C11H12ClFN2O3S. The van der Waals surface area contributed by atoms with Gasteiger partial charge in [0.15, 0.2) is 0 Å². The van der Waals surface area contributed by atoms with Crippen LogP contribution in [-0.4, -0.2) is 37.4 Å². The lowest BCUT2D eigenvalue weighted by atomic mass is 10.2. The topological polar surface area (TPSA) is 80.5 Å². The van der Waals surface area contributed by atoms with Gasteiger partial charge < -0.3 is 5.73 Å². The second kappa shape index (κ2) is 5.07. The first-order valence-corrected chi connectivity index (χ1v) is 7.35. The Kier molecular flexibility index (Phi) is 3.80. The largest absolute Gasteiger partial charge is 0.368 e. The molecule has 1 aromatic carbocycles. The maximum absolute atomic E-state index is 13.4. The zero-order valence-corrected chi connectivity index (χ0v) is 11.4. The van der Waals surface area contributed by atoms with Crippen molar-refractivity contribution < 1.29 is 17.6 Å². The summed E-state index contributed by atoms with van der Waals surface area (Å²) in [6.45, 7) is -0.373. The summed E-state index contributed by atoms with van der Waals surface area (Å²) in [4.78, 5) is 11.1. The Bertz CT molecular complexity index is 608. The number of alkyl halides is 1. The molecule has 0 bridgehead atoms. The Morgan fingerprint density at radius 1 is 1.47 bits per heavy atom. The quantitative estimate of drug-likeness (QED) is 0.902. The summed E-state index contributed by atoms with van der Waals surface area (Å²) in [7, 11) is -3.98. The van der Waals surface area contributed by atoms with E-state index in [1.165, 1.54) is 24.3 Å². The molecule has 0 unspecified atom stereocenters. The highest BCUT2D eigenvalue weighted by Crippen LogP contribution is 2.28. The van der Waals surface area contributed by atoms with Crippen molar-refractivity contribution in [2.24, 2.45) is 5.73 Å². The molecule has 2 rings (SSSR count). The molecule has 1 aromatic rings. The Balaban J connectivity index is 2.41. The second-order valence-corrected chi connectivity index (χ2v) is 6.61. The van der Waals surface area contributed by atoms with Crippen molar-refractivity contribution in [3.63, 3.8) is 0 Å². The fourth-order valence-electron chi connectivity index (χ4n) is 2.04. The number of hydrogen-bond acceptors (Lipinski definition) is 3. The van der Waals surface area contributed by atoms with Gasteiger partial charge in [-0.2, -0.15) is 4.31 Å². The summed E-state index contributed by atoms with van der Waals surface area (Å²) in [5.74, 6) is -0.856. The first kappa shape index (κ1) is 14.2. The number of carbonyl (C=O) groups is 1. The van der Waals surface area contributed by atoms with Crippen LogP contribution in [0, 0.1) is 0 Å². The van der Waals surface area contributed by atoms with Crippen LogP contribution in [0.1, 0.15) is 6.42 Å². The highest BCUT2D eigenvalue weighted by Gasteiger charge is 2.43. The predicted octanol–water partition coefficient (Wildman–Crippen LogP) is 0.926. The number of nitrogens with two attached hydrogens (primary N) is 1. The Morgan fingerprint density at radius 2 is 2.16 bits per heavy atom. The van der Waals surface area contributed by atoms with Gasteiger partial charge in [0, 0.05) is 18.0 Å². The van der Waals surface area contributed by atoms with Gasteiger partial charge in [-0.05, 0) is 18.2 Å². The number of carbonyl (C=O) groups excluding carboxylic acids is 1. The van der Waals surface area contributed by atoms with Crippen molar-refractivity contribution in [2.75, 3.05) is 6.54 Å². The van der Waals surface area contributed by atoms with E-state index < -0.39 is 28.1 Å². The lowest BCUT2D eigenvalue weighted by molar-refractivity contribution is -0.121. The SMILES string of the molecule is NC(=O)[C@@H]1C[C@@H](F)CN1S(=O)(=O)c1cccc(Cl)c1. The third-order valence-corrected chi connectivity index (χ3v) is 5.04. The molecule has 19 heavy (non-hydrogen) atoms. The summed E-state index contributed by atoms with van der Waals surface area (Å²) in [6.07, 6.45) is -1.61. The third-order valence-electron chi connectivity index (χ3n) is 2.94. The van der Waals surface area contributed by atoms with Crippen LogP contribution < -0.4 is 5.73 Å². The van der Waals surface area contributed by atoms with Crippen molar-refractivity contribution >= 4 is 27.5 Å². The van der Waals surface area contributed by atoms with Crippen LogP contribution in [0.3, 0.4) is 0 Å². The smallest absolute Gasteiger partial charge is 0.243 e. The first-order chi connectivity index (χ1) is 8.82. The Morgan fingerprint density at radius 3 is 2.74 bits per heavy atom. The van der Waals surface area contributed by atoms with Gasteiger partial charge in [-0.1, -0.05) is 17.7 Å². The van der Waals surface area contributed by atoms with Crippen LogP contribution in [-0.2, 0) is 14.8 Å². The molecule has 104 valence electrons. The number of halogens is 2. The van der Waals surface area contributed by atoms with Gasteiger partial charge in [-0.15, -0.1) is 0 Å². The maximum Gasteiger partial charge on any atom is 0.243 e. The fraction of sp³-hybridized carbons (Fsp3) is 0.364. The van der Waals surface area contributed by atoms with E-state index in [2.05, 4.69) is 0 Å². The minimum atomic E-state index is -3.98. The normalized spacial score (nSPS) is 24.5. The summed E-state index contributed by atoms with van der Waals surface area (Å²) in [6, 6.07) is 4.43. The molecule has 0 aromatic heterocycles. The number of hydrogen-bond donors (Lipinski definition) is 1. The van der Waals surface area contributed by atoms with Gasteiger partial charge in [-0.25, -0.2) is 12.8 Å². The van der Waals surface area contributed by atoms with Crippen molar-refractivity contribution in [3.05, 3.63) is 29.3 Å². The van der Waals surface area contributed by atoms with E-state index >= 15 is 0 Å². The zero-order valence-electron chi connectivity index (χ0n) is 9.79. The van der Waals surface area contributed by atoms with Crippen molar-refractivity contribution in [3.8, 4) is 0 Å². The number of amides is 1. The average molecular weight is 307 g/mol. The summed E-state index contributed by atoms with van der Waals surface area (Å²) >= 11 is 5.74. The van der Waals surface area contributed by atoms with E-state index in [1.807, 2.05) is 0 Å². The van der Waals surface area contributed by atoms with E-state index in [1.54, 1.807) is 0 Å². The summed E-state index contributed by atoms with van der Waals surface area (Å²) in [5, 5.41) is 0.243. The highest BCUT2D eigenvalue weighted by atomic mass is 35.5. The Hall–Kier alpha value is -1.18. The van der Waals surface area contributed by atoms with Gasteiger partial charge in [0.05, 0.1) is 4.90 Å². The van der Waals surface area contributed by atoms with Gasteiger partial charge in [0.25, 0.3) is 0 Å². The summed E-state index contributed by atoms with van der Waals surface area (Å²) < 4.78 is 38.8. The standard InChI is InChI=1S/C11H12ClFN2O3S/c12-7-2-1-3-9(4-7)19(17,18)15-6-8(13)5-10(15)11(14)16/h1-4,8,10H,5-6H2,(H2,14,16)/t8-,10+/m1/s1. The fourth-order valence-corrected chi connectivity index (χ4v) is 3.98. The average Bonchev–Trinajstić information content (AvgIpc) is 2.72. The lowest BCUT2D eigenvalue weighted by Crippen LogP contribution is -2.43. The molecule has 0 saturated carbocycles. The van der Waals surface area contributed by atoms with Crippen LogP contribution in [0.15, 0.2) is 29.2 Å². The second-order valence-electron chi connectivity index (χ2n) is 4.28. The molecule has 2 N–H and O–H groups in total. The number of rotatable bonds is 3. The van der Waals surface area contributed by atoms with E-state index in [4.69, 9.17) is 17.3 Å². The molecular weight excluding hydrogens is 295 g/mol. The van der Waals surface area contributed by atoms with Crippen molar-refractivity contribution in [1.29, 1.82) is 0 Å². The van der Waals surface area contributed by atoms with Crippen LogP contribution in [0.4, 0.5) is 4.39 Å². The number of sulfonamides is 1. The monoisotopic (exact) mass is 306 g/mol. The molecule has 0 aliphatic carbocycles. The van der Waals surface area contributed by atoms with E-state index in [-0.39, 0.29) is 22.9 Å². The molecule has 1 saturated heterocycles.